The van der Waals surface area contributed by atoms with E-state index in [0.717, 1.165) is 6.07 Å². The van der Waals surface area contributed by atoms with Gasteiger partial charge in [-0.2, -0.15) is 0 Å². The molecule has 0 amide bonds. The molecule has 3 aliphatic heterocycles. The molecule has 0 radical (unpaired) electrons. The van der Waals surface area contributed by atoms with Crippen LogP contribution >= 0.6 is 0 Å². The van der Waals surface area contributed by atoms with Crippen molar-refractivity contribution in [2.75, 3.05) is 6.61 Å². The Morgan fingerprint density at radius 2 is 1.59 bits per heavy atom. The number of benzene rings is 2. The first-order valence-corrected chi connectivity index (χ1v) is 13.0. The van der Waals surface area contributed by atoms with Crippen LogP contribution in [-0.2, 0) is 14.2 Å². The van der Waals surface area contributed by atoms with Gasteiger partial charge in [0.25, 0.3) is 0 Å². The van der Waals surface area contributed by atoms with E-state index in [-0.39, 0.29) is 29.2 Å². The molecule has 5 rings (SSSR count). The lowest BCUT2D eigenvalue weighted by atomic mass is 9.95. The van der Waals surface area contributed by atoms with E-state index in [1.165, 1.54) is 25.1 Å². The van der Waals surface area contributed by atoms with Crippen molar-refractivity contribution >= 4 is 5.78 Å². The Morgan fingerprint density at radius 3 is 2.27 bits per heavy atom. The average Bonchev–Trinajstić information content (AvgIpc) is 2.94. The fourth-order valence-electron chi connectivity index (χ4n) is 5.07. The van der Waals surface area contributed by atoms with E-state index in [4.69, 9.17) is 23.7 Å². The van der Waals surface area contributed by atoms with Crippen LogP contribution in [0.15, 0.2) is 36.4 Å². The second-order valence-corrected chi connectivity index (χ2v) is 10.2. The van der Waals surface area contributed by atoms with Gasteiger partial charge in [-0.3, -0.25) is 4.79 Å². The molecule has 2 aromatic rings. The van der Waals surface area contributed by atoms with Gasteiger partial charge in [0.2, 0.25) is 6.29 Å². The van der Waals surface area contributed by atoms with Crippen molar-refractivity contribution in [3.8, 4) is 23.0 Å². The summed E-state index contributed by atoms with van der Waals surface area (Å²) in [6.45, 7) is 0.716. The molecular formula is C27H32O14. The molecule has 2 saturated heterocycles. The number of rotatable bonds is 6. The number of aliphatic hydroxyl groups excluding tert-OH is 6. The zero-order valence-electron chi connectivity index (χ0n) is 21.8. The molecular weight excluding hydrogens is 548 g/mol. The van der Waals surface area contributed by atoms with Gasteiger partial charge in [-0.25, -0.2) is 0 Å². The number of fused-ring (bicyclic) bond motifs is 1. The number of hydrogen-bond acceptors (Lipinski definition) is 14. The Bertz CT molecular complexity index is 1240. The minimum atomic E-state index is -1.75. The predicted molar refractivity (Wildman–Crippen MR) is 134 cm³/mol. The van der Waals surface area contributed by atoms with Gasteiger partial charge in [0, 0.05) is 12.1 Å². The summed E-state index contributed by atoms with van der Waals surface area (Å²) in [5.74, 6) is -0.947. The second-order valence-electron chi connectivity index (χ2n) is 10.2. The van der Waals surface area contributed by atoms with E-state index in [0.29, 0.717) is 5.56 Å². The Hall–Kier alpha value is -3.05. The van der Waals surface area contributed by atoms with Crippen molar-refractivity contribution in [1.29, 1.82) is 0 Å². The van der Waals surface area contributed by atoms with Gasteiger partial charge < -0.3 is 64.5 Å². The number of hydrogen-bond donors (Lipinski definition) is 8. The van der Waals surface area contributed by atoms with Crippen LogP contribution in [0.2, 0.25) is 0 Å². The summed E-state index contributed by atoms with van der Waals surface area (Å²) in [4.78, 5) is 12.9. The number of aliphatic hydroxyl groups is 6. The van der Waals surface area contributed by atoms with E-state index < -0.39 is 85.7 Å². The molecule has 11 atom stereocenters. The zero-order chi connectivity index (χ0) is 29.6. The quantitative estimate of drug-likeness (QED) is 0.202. The van der Waals surface area contributed by atoms with Crippen molar-refractivity contribution in [3.63, 3.8) is 0 Å². The average molecular weight is 581 g/mol. The maximum absolute atomic E-state index is 12.9. The van der Waals surface area contributed by atoms with Crippen molar-refractivity contribution in [2.24, 2.45) is 0 Å². The van der Waals surface area contributed by atoms with Crippen LogP contribution in [0.1, 0.15) is 35.4 Å². The van der Waals surface area contributed by atoms with E-state index in [1.807, 2.05) is 0 Å². The third kappa shape index (κ3) is 5.70. The maximum Gasteiger partial charge on any atom is 0.229 e. The summed E-state index contributed by atoms with van der Waals surface area (Å²) in [6, 6.07) is 8.50. The van der Waals surface area contributed by atoms with Gasteiger partial charge in [0.1, 0.15) is 71.3 Å². The number of ether oxygens (including phenoxy) is 5. The molecule has 0 aromatic heterocycles. The number of phenolic OH excluding ortho intramolecular Hbond substituents is 2. The molecule has 3 heterocycles. The number of aromatic hydroxyl groups is 2. The van der Waals surface area contributed by atoms with Crippen LogP contribution in [-0.4, -0.2) is 115 Å². The van der Waals surface area contributed by atoms with Crippen LogP contribution < -0.4 is 9.47 Å². The maximum atomic E-state index is 12.9. The summed E-state index contributed by atoms with van der Waals surface area (Å²) < 4.78 is 28.6. The number of carbonyl (C=O) groups is 1. The largest absolute Gasteiger partial charge is 0.508 e. The van der Waals surface area contributed by atoms with Gasteiger partial charge in [-0.1, -0.05) is 12.1 Å². The lowest BCUT2D eigenvalue weighted by Crippen LogP contribution is -2.64. The van der Waals surface area contributed by atoms with Crippen molar-refractivity contribution in [1.82, 2.24) is 0 Å². The Morgan fingerprint density at radius 1 is 0.878 bits per heavy atom. The highest BCUT2D eigenvalue weighted by atomic mass is 16.8. The highest BCUT2D eigenvalue weighted by Crippen LogP contribution is 2.43. The van der Waals surface area contributed by atoms with Crippen LogP contribution in [0, 0.1) is 0 Å². The zero-order valence-corrected chi connectivity index (χ0v) is 21.8. The molecule has 0 unspecified atom stereocenters. The van der Waals surface area contributed by atoms with Gasteiger partial charge in [0.05, 0.1) is 19.1 Å². The smallest absolute Gasteiger partial charge is 0.229 e. The molecule has 2 aromatic carbocycles. The van der Waals surface area contributed by atoms with Gasteiger partial charge >= 0.3 is 0 Å². The molecule has 0 saturated carbocycles. The Kier molecular flexibility index (Phi) is 8.39. The third-order valence-electron chi connectivity index (χ3n) is 7.42. The van der Waals surface area contributed by atoms with Crippen LogP contribution in [0.3, 0.4) is 0 Å². The fraction of sp³-hybridized carbons (Fsp3) is 0.519. The molecule has 3 aliphatic rings. The van der Waals surface area contributed by atoms with Crippen molar-refractivity contribution in [3.05, 3.63) is 47.5 Å². The molecule has 41 heavy (non-hydrogen) atoms. The van der Waals surface area contributed by atoms with Crippen LogP contribution in [0.4, 0.5) is 0 Å². The molecule has 2 fully saturated rings. The first kappa shape index (κ1) is 29.4. The number of carbonyl (C=O) groups excluding carboxylic acids is 1. The molecule has 8 N–H and O–H groups in total. The monoisotopic (exact) mass is 580 g/mol. The van der Waals surface area contributed by atoms with Crippen LogP contribution in [0.5, 0.6) is 23.0 Å². The van der Waals surface area contributed by atoms with Gasteiger partial charge in [-0.15, -0.1) is 0 Å². The molecule has 14 nitrogen and oxygen atoms in total. The van der Waals surface area contributed by atoms with Gasteiger partial charge in [0.15, 0.2) is 18.2 Å². The number of phenols is 2. The summed E-state index contributed by atoms with van der Waals surface area (Å²) in [6.07, 6.45) is -16.0. The molecule has 0 spiro atoms. The Balaban J connectivity index is 1.41. The minimum absolute atomic E-state index is 0.0149. The number of ketones is 1. The second kappa shape index (κ2) is 11.7. The summed E-state index contributed by atoms with van der Waals surface area (Å²) in [5, 5.41) is 81.6. The fourth-order valence-corrected chi connectivity index (χ4v) is 5.07. The Labute approximate surface area is 233 Å². The summed E-state index contributed by atoms with van der Waals surface area (Å²) in [7, 11) is 0. The lowest BCUT2D eigenvalue weighted by Gasteiger charge is -2.45. The van der Waals surface area contributed by atoms with Gasteiger partial charge in [-0.05, 0) is 24.6 Å². The minimum Gasteiger partial charge on any atom is -0.508 e. The normalized spacial score (nSPS) is 37.2. The van der Waals surface area contributed by atoms with Crippen molar-refractivity contribution < 1.29 is 69.3 Å². The number of Topliss-reactive ketones (excluding diaryl/α,β-unsaturated/α-hetero) is 1. The van der Waals surface area contributed by atoms with E-state index >= 15 is 0 Å². The van der Waals surface area contributed by atoms with Crippen LogP contribution in [0.25, 0.3) is 0 Å². The molecule has 224 valence electrons. The van der Waals surface area contributed by atoms with E-state index in [9.17, 15) is 45.6 Å². The van der Waals surface area contributed by atoms with E-state index in [2.05, 4.69) is 0 Å². The van der Waals surface area contributed by atoms with E-state index in [1.54, 1.807) is 12.1 Å². The first-order chi connectivity index (χ1) is 19.5. The third-order valence-corrected chi connectivity index (χ3v) is 7.42. The molecule has 0 aliphatic carbocycles. The lowest BCUT2D eigenvalue weighted by molar-refractivity contribution is -0.354. The predicted octanol–water partition coefficient (Wildman–Crippen LogP) is -1.17. The van der Waals surface area contributed by atoms with Crippen molar-refractivity contribution in [2.45, 2.75) is 80.9 Å². The standard InChI is InChI=1S/C27H32O14/c1-10-20(32)22(34)24(36)26(37-10)41-25-23(35)21(33)18(9-28)40-27(25)38-13-6-14(30)19-15(31)8-16(39-17(19)7-13)11-2-4-12(29)5-3-11/h2-7,10,16,18,20-30,32-36H,8-9H2,1H3/t10-,16-,18-,20-,21-,22+,23+,24-,25-,26+,27-/m0/s1. The highest BCUT2D eigenvalue weighted by molar-refractivity contribution is 6.02. The first-order valence-electron chi connectivity index (χ1n) is 13.0. The summed E-state index contributed by atoms with van der Waals surface area (Å²) in [5.41, 5.74) is 0.529. The summed E-state index contributed by atoms with van der Waals surface area (Å²) >= 11 is 0. The highest BCUT2D eigenvalue weighted by Gasteiger charge is 2.51. The molecule has 14 heteroatoms. The SMILES string of the molecule is C[C@@H]1O[C@H](O[C@@H]2[C@@H](Oc3cc(O)c4c(c3)O[C@H](c3ccc(O)cc3)CC4=O)O[C@@H](CO)[C@H](O)[C@H]2O)[C@@H](O)[C@H](O)[C@H]1O. The molecule has 0 bridgehead atoms. The topological polar surface area (TPSA) is 225 Å².